The van der Waals surface area contributed by atoms with Gasteiger partial charge in [-0.1, -0.05) is 23.0 Å². The number of amides is 1. The zero-order chi connectivity index (χ0) is 24.2. The first-order valence-electron chi connectivity index (χ1n) is 10.5. The van der Waals surface area contributed by atoms with Crippen molar-refractivity contribution in [3.05, 3.63) is 52.9 Å². The molecule has 0 atom stereocenters. The number of methoxy groups -OCH3 is 3. The second-order valence-corrected chi connectivity index (χ2v) is 9.73. The highest BCUT2D eigenvalue weighted by molar-refractivity contribution is 8.00. The molecule has 0 bridgehead atoms. The van der Waals surface area contributed by atoms with Crippen molar-refractivity contribution in [3.63, 3.8) is 0 Å². The number of aromatic nitrogens is 2. The van der Waals surface area contributed by atoms with E-state index in [1.165, 1.54) is 14.2 Å². The summed E-state index contributed by atoms with van der Waals surface area (Å²) >= 11 is 3.24. The van der Waals surface area contributed by atoms with Gasteiger partial charge in [0.1, 0.15) is 5.76 Å². The highest BCUT2D eigenvalue weighted by Crippen LogP contribution is 2.40. The van der Waals surface area contributed by atoms with Gasteiger partial charge in [0.25, 0.3) is 0 Å². The lowest BCUT2D eigenvalue weighted by molar-refractivity contribution is -0.115. The Hall–Kier alpha value is -3.24. The molecule has 0 fully saturated rings. The minimum Gasteiger partial charge on any atom is -0.493 e. The molecule has 4 aromatic rings. The van der Waals surface area contributed by atoms with Crippen molar-refractivity contribution in [1.29, 1.82) is 0 Å². The van der Waals surface area contributed by atoms with Crippen LogP contribution in [-0.4, -0.2) is 37.4 Å². The summed E-state index contributed by atoms with van der Waals surface area (Å²) in [4.78, 5) is 17.5. The van der Waals surface area contributed by atoms with Gasteiger partial charge in [0.2, 0.25) is 11.7 Å². The fourth-order valence-corrected chi connectivity index (χ4v) is 5.83. The molecule has 1 amide bonds. The number of nitrogens with zero attached hydrogens (tertiary/aromatic N) is 2. The van der Waals surface area contributed by atoms with E-state index in [-0.39, 0.29) is 12.3 Å². The van der Waals surface area contributed by atoms with Crippen LogP contribution in [0.3, 0.4) is 0 Å². The van der Waals surface area contributed by atoms with Gasteiger partial charge in [-0.3, -0.25) is 4.79 Å². The normalized spacial score (nSPS) is 11.0. The zero-order valence-corrected chi connectivity index (χ0v) is 21.2. The molecule has 34 heavy (non-hydrogen) atoms. The molecule has 0 saturated heterocycles. The van der Waals surface area contributed by atoms with Crippen LogP contribution in [0.15, 0.2) is 39.2 Å². The summed E-state index contributed by atoms with van der Waals surface area (Å²) in [6.45, 7) is 3.86. The summed E-state index contributed by atoms with van der Waals surface area (Å²) in [7, 11) is 4.63. The van der Waals surface area contributed by atoms with Crippen molar-refractivity contribution in [2.75, 3.05) is 26.6 Å². The summed E-state index contributed by atoms with van der Waals surface area (Å²) < 4.78 is 23.4. The molecule has 0 unspecified atom stereocenters. The molecule has 2 heterocycles. The van der Waals surface area contributed by atoms with Crippen LogP contribution in [0.25, 0.3) is 10.2 Å². The fraction of sp³-hybridized carbons (Fsp3) is 0.292. The Bertz CT molecular complexity index is 1310. The van der Waals surface area contributed by atoms with Crippen molar-refractivity contribution in [2.45, 2.75) is 30.4 Å². The number of hydrogen-bond donors (Lipinski definition) is 1. The Balaban J connectivity index is 1.46. The molecule has 0 aliphatic rings. The molecule has 0 spiro atoms. The van der Waals surface area contributed by atoms with E-state index in [2.05, 4.69) is 10.5 Å². The first-order valence-corrected chi connectivity index (χ1v) is 12.3. The molecule has 2 aromatic carbocycles. The van der Waals surface area contributed by atoms with E-state index < -0.39 is 0 Å². The number of ether oxygens (including phenoxy) is 3. The molecule has 0 aliphatic carbocycles. The molecule has 2 aromatic heterocycles. The molecule has 0 radical (unpaired) electrons. The van der Waals surface area contributed by atoms with Gasteiger partial charge in [0, 0.05) is 22.6 Å². The summed E-state index contributed by atoms with van der Waals surface area (Å²) in [6, 6.07) is 9.27. The van der Waals surface area contributed by atoms with Crippen LogP contribution in [0.4, 0.5) is 5.69 Å². The quantitative estimate of drug-likeness (QED) is 0.306. The Labute approximate surface area is 205 Å². The molecule has 4 rings (SSSR count). The standard InChI is InChI=1S/C24H25N3O5S2/c1-13-17(14(2)32-27-13)12-33-24-26-18-8-7-16(11-20(18)34-24)25-21(28)10-15-6-9-19(29-3)23(31-5)22(15)30-4/h6-9,11H,10,12H2,1-5H3,(H,25,28). The maximum atomic E-state index is 12.8. The molecule has 1 N–H and O–H groups in total. The zero-order valence-electron chi connectivity index (χ0n) is 19.6. The van der Waals surface area contributed by atoms with Gasteiger partial charge in [0.15, 0.2) is 15.8 Å². The third kappa shape index (κ3) is 4.97. The van der Waals surface area contributed by atoms with Gasteiger partial charge in [-0.2, -0.15) is 0 Å². The van der Waals surface area contributed by atoms with Crippen LogP contribution < -0.4 is 19.5 Å². The van der Waals surface area contributed by atoms with E-state index in [4.69, 9.17) is 23.7 Å². The topological polar surface area (TPSA) is 95.7 Å². The van der Waals surface area contributed by atoms with Crippen molar-refractivity contribution in [2.24, 2.45) is 0 Å². The number of aryl methyl sites for hydroxylation is 2. The van der Waals surface area contributed by atoms with Gasteiger partial charge in [-0.05, 0) is 38.1 Å². The number of nitrogens with one attached hydrogen (secondary N) is 1. The van der Waals surface area contributed by atoms with Crippen molar-refractivity contribution < 1.29 is 23.5 Å². The highest BCUT2D eigenvalue weighted by atomic mass is 32.2. The summed E-state index contributed by atoms with van der Waals surface area (Å²) in [5.74, 6) is 2.90. The lowest BCUT2D eigenvalue weighted by Crippen LogP contribution is -2.15. The first-order chi connectivity index (χ1) is 16.4. The average Bonchev–Trinajstić information content (AvgIpc) is 3.38. The van der Waals surface area contributed by atoms with E-state index in [0.717, 1.165) is 37.3 Å². The highest BCUT2D eigenvalue weighted by Gasteiger charge is 2.18. The van der Waals surface area contributed by atoms with Crippen LogP contribution in [0.1, 0.15) is 22.6 Å². The SMILES string of the molecule is COc1ccc(CC(=O)Nc2ccc3nc(SCc4c(C)noc4C)sc3c2)c(OC)c1OC. The number of rotatable bonds is 9. The lowest BCUT2D eigenvalue weighted by Gasteiger charge is -2.15. The van der Waals surface area contributed by atoms with E-state index >= 15 is 0 Å². The van der Waals surface area contributed by atoms with Crippen LogP contribution in [0.2, 0.25) is 0 Å². The van der Waals surface area contributed by atoms with E-state index in [0.29, 0.717) is 28.5 Å². The number of benzene rings is 2. The minimum absolute atomic E-state index is 0.128. The smallest absolute Gasteiger partial charge is 0.228 e. The lowest BCUT2D eigenvalue weighted by atomic mass is 10.1. The number of thiazole rings is 1. The second-order valence-electron chi connectivity index (χ2n) is 7.47. The summed E-state index contributed by atoms with van der Waals surface area (Å²) in [6.07, 6.45) is 0.128. The van der Waals surface area contributed by atoms with E-state index in [1.807, 2.05) is 32.0 Å². The molecular weight excluding hydrogens is 474 g/mol. The number of anilines is 1. The Kier molecular flexibility index (Phi) is 7.28. The van der Waals surface area contributed by atoms with Crippen molar-refractivity contribution in [1.82, 2.24) is 10.1 Å². The largest absolute Gasteiger partial charge is 0.493 e. The van der Waals surface area contributed by atoms with E-state index in [9.17, 15) is 4.79 Å². The van der Waals surface area contributed by atoms with Gasteiger partial charge in [-0.15, -0.1) is 11.3 Å². The second kappa shape index (κ2) is 10.4. The third-order valence-electron chi connectivity index (χ3n) is 5.31. The number of carbonyl (C=O) groups excluding carboxylic acids is 1. The first kappa shape index (κ1) is 23.9. The molecule has 8 nitrogen and oxygen atoms in total. The number of carbonyl (C=O) groups is 1. The monoisotopic (exact) mass is 499 g/mol. The van der Waals surface area contributed by atoms with E-state index in [1.54, 1.807) is 42.3 Å². The van der Waals surface area contributed by atoms with Gasteiger partial charge in [-0.25, -0.2) is 4.98 Å². The molecule has 0 saturated carbocycles. The molecule has 178 valence electrons. The van der Waals surface area contributed by atoms with Crippen LogP contribution >= 0.6 is 23.1 Å². The predicted octanol–water partition coefficient (Wildman–Crippen LogP) is 5.40. The Morgan fingerprint density at radius 3 is 2.56 bits per heavy atom. The predicted molar refractivity (Wildman–Crippen MR) is 134 cm³/mol. The third-order valence-corrected chi connectivity index (χ3v) is 7.50. The minimum atomic E-state index is -0.164. The average molecular weight is 500 g/mol. The molecular formula is C24H25N3O5S2. The van der Waals surface area contributed by atoms with Gasteiger partial charge < -0.3 is 24.1 Å². The van der Waals surface area contributed by atoms with Crippen molar-refractivity contribution in [3.8, 4) is 17.2 Å². The Morgan fingerprint density at radius 2 is 1.88 bits per heavy atom. The Morgan fingerprint density at radius 1 is 1.09 bits per heavy atom. The number of fused-ring (bicyclic) bond motifs is 1. The van der Waals surface area contributed by atoms with Crippen LogP contribution in [0.5, 0.6) is 17.2 Å². The fourth-order valence-electron chi connectivity index (χ4n) is 3.57. The number of thioether (sulfide) groups is 1. The number of hydrogen-bond acceptors (Lipinski definition) is 9. The van der Waals surface area contributed by atoms with Crippen molar-refractivity contribution >= 4 is 44.9 Å². The summed E-state index contributed by atoms with van der Waals surface area (Å²) in [5, 5.41) is 6.97. The molecule has 0 aliphatic heterocycles. The van der Waals surface area contributed by atoms with Crippen LogP contribution in [0, 0.1) is 13.8 Å². The maximum Gasteiger partial charge on any atom is 0.228 e. The van der Waals surface area contributed by atoms with Gasteiger partial charge >= 0.3 is 0 Å². The van der Waals surface area contributed by atoms with Gasteiger partial charge in [0.05, 0.1) is 43.7 Å². The van der Waals surface area contributed by atoms with Crippen LogP contribution in [-0.2, 0) is 17.0 Å². The molecule has 10 heteroatoms. The summed E-state index contributed by atoms with van der Waals surface area (Å²) in [5.41, 5.74) is 4.31. The maximum absolute atomic E-state index is 12.8.